The molecule has 0 saturated heterocycles. The van der Waals surface area contributed by atoms with Gasteiger partial charge >= 0.3 is 17.7 Å². The molecule has 0 unspecified atom stereocenters. The molecule has 0 radical (unpaired) electrons. The number of rotatable bonds is 14. The van der Waals surface area contributed by atoms with Crippen LogP contribution < -0.4 is 20.9 Å². The molecule has 2 heterocycles. The maximum atomic E-state index is 12.7. The van der Waals surface area contributed by atoms with Crippen LogP contribution >= 0.6 is 0 Å². The number of hydrogen-bond acceptors (Lipinski definition) is 9. The Balaban J connectivity index is 1.32. The van der Waals surface area contributed by atoms with Crippen molar-refractivity contribution in [3.8, 4) is 11.8 Å². The summed E-state index contributed by atoms with van der Waals surface area (Å²) in [5, 5.41) is 0. The van der Waals surface area contributed by atoms with Crippen LogP contribution in [0.1, 0.15) is 36.5 Å². The molecule has 40 heavy (non-hydrogen) atoms. The zero-order valence-corrected chi connectivity index (χ0v) is 23.2. The van der Waals surface area contributed by atoms with Crippen LogP contribution in [-0.4, -0.2) is 64.3 Å². The van der Waals surface area contributed by atoms with Gasteiger partial charge in [0.15, 0.2) is 11.5 Å². The highest BCUT2D eigenvalue weighted by molar-refractivity contribution is 5.82. The molecule has 4 aromatic rings. The number of aromatic amines is 1. The Morgan fingerprint density at radius 2 is 1.82 bits per heavy atom. The van der Waals surface area contributed by atoms with E-state index >= 15 is 0 Å². The highest BCUT2D eigenvalue weighted by atomic mass is 16.5. The fourth-order valence-corrected chi connectivity index (χ4v) is 4.18. The first kappa shape index (κ1) is 28.6. The number of methoxy groups -OCH3 is 1. The summed E-state index contributed by atoms with van der Waals surface area (Å²) in [5.41, 5.74) is 9.52. The Bertz CT molecular complexity index is 1480. The topological polar surface area (TPSA) is 138 Å². The molecule has 0 bridgehead atoms. The molecule has 0 aliphatic heterocycles. The van der Waals surface area contributed by atoms with Crippen molar-refractivity contribution in [2.75, 3.05) is 39.6 Å². The number of carbonyl (C=O) groups is 1. The molecule has 2 aromatic carbocycles. The predicted molar refractivity (Wildman–Crippen MR) is 152 cm³/mol. The fraction of sp³-hybridized carbons (Fsp3) is 0.379. The first-order valence-electron chi connectivity index (χ1n) is 13.3. The van der Waals surface area contributed by atoms with E-state index in [0.29, 0.717) is 30.9 Å². The zero-order chi connectivity index (χ0) is 28.5. The second kappa shape index (κ2) is 13.6. The minimum atomic E-state index is -0.304. The number of nitrogens with two attached hydrogens (primary N) is 1. The molecule has 0 amide bonds. The molecular formula is C29H36N6O5. The molecule has 11 nitrogen and oxygen atoms in total. The number of nitrogens with one attached hydrogen (secondary N) is 1. The number of nitrogens with zero attached hydrogens (tertiary/aromatic N) is 4. The smallest absolute Gasteiger partial charge is 0.328 e. The van der Waals surface area contributed by atoms with Crippen LogP contribution in [0.5, 0.6) is 11.8 Å². The summed E-state index contributed by atoms with van der Waals surface area (Å²) in [4.78, 5) is 37.7. The number of unbranched alkanes of at least 4 members (excludes halogenated alkanes) is 1. The lowest BCUT2D eigenvalue weighted by Gasteiger charge is -2.17. The monoisotopic (exact) mass is 548 g/mol. The zero-order valence-electron chi connectivity index (χ0n) is 23.2. The van der Waals surface area contributed by atoms with Crippen molar-refractivity contribution >= 4 is 23.0 Å². The van der Waals surface area contributed by atoms with Crippen LogP contribution in [0.2, 0.25) is 0 Å². The van der Waals surface area contributed by atoms with Gasteiger partial charge in [0.2, 0.25) is 0 Å². The lowest BCUT2D eigenvalue weighted by molar-refractivity contribution is -0.139. The van der Waals surface area contributed by atoms with Crippen molar-refractivity contribution in [3.05, 3.63) is 75.7 Å². The number of fused-ring (bicyclic) bond motifs is 1. The van der Waals surface area contributed by atoms with Crippen molar-refractivity contribution in [3.63, 3.8) is 0 Å². The number of hydrogen-bond donors (Lipinski definition) is 2. The number of ether oxygens (including phenoxy) is 3. The minimum absolute atomic E-state index is 0.169. The molecular weight excluding hydrogens is 512 g/mol. The third-order valence-electron chi connectivity index (χ3n) is 6.39. The Kier molecular flexibility index (Phi) is 9.74. The van der Waals surface area contributed by atoms with Crippen molar-refractivity contribution < 1.29 is 19.0 Å². The lowest BCUT2D eigenvalue weighted by atomic mass is 10.1. The first-order valence-corrected chi connectivity index (χ1v) is 13.3. The summed E-state index contributed by atoms with van der Waals surface area (Å²) in [6.07, 6.45) is 2.08. The van der Waals surface area contributed by atoms with E-state index in [1.165, 1.54) is 7.11 Å². The molecule has 4 rings (SSSR count). The van der Waals surface area contributed by atoms with Crippen molar-refractivity contribution in [1.29, 1.82) is 0 Å². The van der Waals surface area contributed by atoms with Gasteiger partial charge in [-0.25, -0.2) is 4.79 Å². The number of likely N-dealkylation sites (N-methyl/N-ethyl adjacent to an activating group) is 1. The number of carbonyl (C=O) groups excluding carboxylic acids is 1. The number of anilines is 1. The highest BCUT2D eigenvalue weighted by Gasteiger charge is 2.15. The van der Waals surface area contributed by atoms with E-state index in [2.05, 4.69) is 26.8 Å². The third-order valence-corrected chi connectivity index (χ3v) is 6.39. The summed E-state index contributed by atoms with van der Waals surface area (Å²) in [6.45, 7) is 4.86. The molecule has 0 aliphatic carbocycles. The molecule has 0 spiro atoms. The van der Waals surface area contributed by atoms with Gasteiger partial charge in [-0.3, -0.25) is 14.3 Å². The van der Waals surface area contributed by atoms with Gasteiger partial charge in [0.1, 0.15) is 17.9 Å². The third kappa shape index (κ3) is 7.60. The van der Waals surface area contributed by atoms with Crippen molar-refractivity contribution in [1.82, 2.24) is 24.4 Å². The van der Waals surface area contributed by atoms with E-state index in [9.17, 15) is 9.59 Å². The van der Waals surface area contributed by atoms with E-state index in [4.69, 9.17) is 19.9 Å². The van der Waals surface area contributed by atoms with Gasteiger partial charge in [-0.1, -0.05) is 49.7 Å². The molecule has 0 fully saturated rings. The van der Waals surface area contributed by atoms with Gasteiger partial charge in [0, 0.05) is 13.1 Å². The van der Waals surface area contributed by atoms with Gasteiger partial charge in [-0.05, 0) is 42.3 Å². The first-order chi connectivity index (χ1) is 19.4. The Hall–Kier alpha value is -4.38. The fourth-order valence-electron chi connectivity index (χ4n) is 4.18. The van der Waals surface area contributed by atoms with E-state index in [1.54, 1.807) is 4.57 Å². The summed E-state index contributed by atoms with van der Waals surface area (Å²) < 4.78 is 17.8. The van der Waals surface area contributed by atoms with Crippen LogP contribution in [0, 0.1) is 0 Å². The summed E-state index contributed by atoms with van der Waals surface area (Å²) in [6, 6.07) is 15.7. The minimum Gasteiger partial charge on any atom is -0.492 e. The lowest BCUT2D eigenvalue weighted by Crippen LogP contribution is -2.24. The van der Waals surface area contributed by atoms with Crippen LogP contribution in [-0.2, 0) is 29.0 Å². The highest BCUT2D eigenvalue weighted by Crippen LogP contribution is 2.19. The number of imidazole rings is 1. The molecule has 212 valence electrons. The number of aromatic nitrogens is 4. The Morgan fingerprint density at radius 3 is 2.58 bits per heavy atom. The SMILES string of the molecule is CCCCOc1nc(N)c2[nH]c(=O)n(Cc3ccc(CN(C)CCOc4cccc(CC(=O)OC)c4)cc3)c2n1. The quantitative estimate of drug-likeness (QED) is 0.180. The van der Waals surface area contributed by atoms with Gasteiger partial charge < -0.3 is 24.9 Å². The summed E-state index contributed by atoms with van der Waals surface area (Å²) in [7, 11) is 3.41. The summed E-state index contributed by atoms with van der Waals surface area (Å²) >= 11 is 0. The number of esters is 1. The molecule has 0 saturated carbocycles. The molecule has 0 atom stereocenters. The standard InChI is InChI=1S/C29H36N6O5/c1-4-5-14-40-28-32-26(30)25-27(33-28)35(29(37)31-25)19-21-11-9-20(10-12-21)18-34(2)13-15-39-23-8-6-7-22(16-23)17-24(36)38-3/h6-12,16H,4-5,13-15,17-19H2,1-3H3,(H,31,37)(H2,30,32,33). The van der Waals surface area contributed by atoms with Gasteiger partial charge in [0.05, 0.1) is 26.7 Å². The van der Waals surface area contributed by atoms with E-state index in [1.807, 2.05) is 55.6 Å². The van der Waals surface area contributed by atoms with E-state index in [0.717, 1.165) is 48.4 Å². The second-order valence-corrected chi connectivity index (χ2v) is 9.61. The number of nitrogen functional groups attached to an aromatic ring is 1. The molecule has 0 aliphatic rings. The Morgan fingerprint density at radius 1 is 1.05 bits per heavy atom. The van der Waals surface area contributed by atoms with E-state index in [-0.39, 0.29) is 29.9 Å². The largest absolute Gasteiger partial charge is 0.492 e. The van der Waals surface area contributed by atoms with Crippen LogP contribution in [0.15, 0.2) is 53.3 Å². The normalized spacial score (nSPS) is 11.2. The van der Waals surface area contributed by atoms with Crippen LogP contribution in [0.4, 0.5) is 5.82 Å². The number of benzene rings is 2. The average Bonchev–Trinajstić information content (AvgIpc) is 3.25. The second-order valence-electron chi connectivity index (χ2n) is 9.61. The summed E-state index contributed by atoms with van der Waals surface area (Å²) in [5.74, 6) is 0.624. The van der Waals surface area contributed by atoms with Gasteiger partial charge in [-0.2, -0.15) is 9.97 Å². The van der Waals surface area contributed by atoms with Crippen LogP contribution in [0.25, 0.3) is 11.2 Å². The molecule has 2 aromatic heterocycles. The van der Waals surface area contributed by atoms with Crippen molar-refractivity contribution in [2.45, 2.75) is 39.3 Å². The Labute approximate surface area is 232 Å². The molecule has 3 N–H and O–H groups in total. The van der Waals surface area contributed by atoms with Gasteiger partial charge in [-0.15, -0.1) is 0 Å². The van der Waals surface area contributed by atoms with E-state index < -0.39 is 0 Å². The van der Waals surface area contributed by atoms with Gasteiger partial charge in [0.25, 0.3) is 0 Å². The van der Waals surface area contributed by atoms with Crippen molar-refractivity contribution in [2.24, 2.45) is 0 Å². The average molecular weight is 549 g/mol. The maximum absolute atomic E-state index is 12.7. The molecule has 11 heteroatoms. The van der Waals surface area contributed by atoms with Crippen LogP contribution in [0.3, 0.4) is 0 Å². The predicted octanol–water partition coefficient (Wildman–Crippen LogP) is 3.16. The maximum Gasteiger partial charge on any atom is 0.328 e. The number of H-pyrrole nitrogens is 1.